The molecular weight excluding hydrogens is 792 g/mol. The second-order valence-corrected chi connectivity index (χ2v) is 17.9. The number of allylic oxidation sites excluding steroid dienone is 4. The van der Waals surface area contributed by atoms with Crippen LogP contribution in [0.25, 0.3) is 0 Å². The molecule has 15 nitrogen and oxygen atoms in total. The monoisotopic (exact) mass is 860 g/mol. The van der Waals surface area contributed by atoms with Gasteiger partial charge in [0.25, 0.3) is 0 Å². The average Bonchev–Trinajstić information content (AvgIpc) is 3.16. The zero-order chi connectivity index (χ0) is 45.3. The van der Waals surface area contributed by atoms with E-state index in [2.05, 4.69) is 0 Å². The summed E-state index contributed by atoms with van der Waals surface area (Å²) in [6, 6.07) is 0. The summed E-state index contributed by atoms with van der Waals surface area (Å²) in [4.78, 5) is 51.9. The van der Waals surface area contributed by atoms with Crippen molar-refractivity contribution in [3.8, 4) is 0 Å². The van der Waals surface area contributed by atoms with Crippen LogP contribution in [0.2, 0.25) is 0 Å². The Kier molecular flexibility index (Phi) is 17.3. The highest BCUT2D eigenvalue weighted by atomic mass is 16.7. The van der Waals surface area contributed by atoms with Gasteiger partial charge in [-0.1, -0.05) is 83.1 Å². The molecule has 6 bridgehead atoms. The number of carbonyl (C=O) groups excluding carboxylic acids is 4. The molecule has 4 heterocycles. The molecule has 4 aliphatic heterocycles. The number of methoxy groups -OCH3 is 1. The zero-order valence-electron chi connectivity index (χ0n) is 37.2. The van der Waals surface area contributed by atoms with Gasteiger partial charge in [0, 0.05) is 50.2 Å². The van der Waals surface area contributed by atoms with Crippen LogP contribution in [0, 0.1) is 10.8 Å². The maximum Gasteiger partial charge on any atom is 0.331 e. The minimum atomic E-state index is -2.38. The van der Waals surface area contributed by atoms with Gasteiger partial charge in [0.1, 0.15) is 12.2 Å². The molecule has 15 heteroatoms. The van der Waals surface area contributed by atoms with Crippen LogP contribution >= 0.6 is 0 Å². The Labute approximate surface area is 359 Å². The highest BCUT2D eigenvalue weighted by molar-refractivity contribution is 5.84. The van der Waals surface area contributed by atoms with Crippen LogP contribution in [0.3, 0.4) is 0 Å². The Morgan fingerprint density at radius 3 is 2.31 bits per heavy atom. The first kappa shape index (κ1) is 50.0. The lowest BCUT2D eigenvalue weighted by Crippen LogP contribution is -2.62. The number of ether oxygens (including phenoxy) is 7. The highest BCUT2D eigenvalue weighted by Crippen LogP contribution is 2.50. The van der Waals surface area contributed by atoms with Crippen molar-refractivity contribution < 1.29 is 72.8 Å². The molecule has 0 radical (unpaired) electrons. The van der Waals surface area contributed by atoms with Gasteiger partial charge < -0.3 is 53.6 Å². The first-order chi connectivity index (χ1) is 28.6. The molecule has 4 aliphatic rings. The number of hydrogen-bond acceptors (Lipinski definition) is 15. The lowest BCUT2D eigenvalue weighted by atomic mass is 9.70. The Bertz CT molecular complexity index is 1710. The fourth-order valence-electron chi connectivity index (χ4n) is 8.47. The van der Waals surface area contributed by atoms with Gasteiger partial charge in [-0.15, -0.1) is 0 Å². The molecule has 4 N–H and O–H groups in total. The van der Waals surface area contributed by atoms with Gasteiger partial charge in [0.15, 0.2) is 11.9 Å². The molecule has 11 atom stereocenters. The van der Waals surface area contributed by atoms with E-state index in [9.17, 15) is 39.6 Å². The van der Waals surface area contributed by atoms with Crippen LogP contribution in [0.1, 0.15) is 120 Å². The van der Waals surface area contributed by atoms with E-state index in [1.807, 2.05) is 26.0 Å². The Morgan fingerprint density at radius 2 is 1.67 bits per heavy atom. The van der Waals surface area contributed by atoms with Crippen LogP contribution < -0.4 is 0 Å². The van der Waals surface area contributed by atoms with Crippen LogP contribution in [-0.4, -0.2) is 118 Å². The first-order valence-corrected chi connectivity index (χ1v) is 21.4. The maximum atomic E-state index is 13.4. The van der Waals surface area contributed by atoms with E-state index >= 15 is 0 Å². The van der Waals surface area contributed by atoms with E-state index < -0.39 is 108 Å². The summed E-state index contributed by atoms with van der Waals surface area (Å²) < 4.78 is 41.9. The number of aliphatic hydroxyl groups excluding tert-OH is 2. The molecule has 0 aromatic rings. The lowest BCUT2D eigenvalue weighted by molar-refractivity contribution is -0.348. The summed E-state index contributed by atoms with van der Waals surface area (Å²) in [6.07, 6.45) is 5.44. The van der Waals surface area contributed by atoms with Crippen LogP contribution in [0.15, 0.2) is 59.8 Å². The number of rotatable bonds is 8. The largest absolute Gasteiger partial charge is 0.466 e. The summed E-state index contributed by atoms with van der Waals surface area (Å²) in [5.74, 6) is -7.32. The maximum absolute atomic E-state index is 13.4. The summed E-state index contributed by atoms with van der Waals surface area (Å²) in [5.41, 5.74) is -1.38. The van der Waals surface area contributed by atoms with Crippen molar-refractivity contribution in [2.24, 2.45) is 10.8 Å². The molecule has 0 aromatic heterocycles. The van der Waals surface area contributed by atoms with E-state index in [0.717, 1.165) is 24.5 Å². The Morgan fingerprint density at radius 1 is 0.951 bits per heavy atom. The van der Waals surface area contributed by atoms with Crippen molar-refractivity contribution in [1.29, 1.82) is 0 Å². The molecule has 0 saturated carbocycles. The fourth-order valence-corrected chi connectivity index (χ4v) is 8.47. The number of cyclic esters (lactones) is 1. The molecule has 0 aliphatic carbocycles. The smallest absolute Gasteiger partial charge is 0.331 e. The average molecular weight is 861 g/mol. The zero-order valence-corrected chi connectivity index (χ0v) is 37.2. The van der Waals surface area contributed by atoms with Crippen molar-refractivity contribution in [2.45, 2.75) is 186 Å². The SMILES string of the molecule is C/C=C1/C[C@H]2CC3(O)O[C@H](C[C@@H](O)CC(=O)O[C@@H]([C@@H](C)O)C[C@@H]4C/C(=C\C(=O)OC)[C@H](OC(=O)/C=C/C=C/CCC)[C@@](O)(O4)C(C)(C)/C=C/[C@@H](C1)O2)C[C@H](OC(C)=O)C3(C)C. The van der Waals surface area contributed by atoms with Crippen LogP contribution in [0.4, 0.5) is 0 Å². The van der Waals surface area contributed by atoms with E-state index in [1.165, 1.54) is 33.1 Å². The molecule has 342 valence electrons. The molecule has 4 rings (SSSR count). The molecule has 0 spiro atoms. The lowest BCUT2D eigenvalue weighted by Gasteiger charge is -2.53. The van der Waals surface area contributed by atoms with Gasteiger partial charge in [-0.3, -0.25) is 9.59 Å². The Hall–Kier alpha value is -3.70. The third-order valence-electron chi connectivity index (χ3n) is 12.3. The number of aliphatic hydroxyl groups is 4. The summed E-state index contributed by atoms with van der Waals surface area (Å²) in [7, 11) is 1.19. The molecule has 0 amide bonds. The number of unbranched alkanes of at least 4 members (excludes halogenated alkanes) is 1. The summed E-state index contributed by atoms with van der Waals surface area (Å²) in [6.45, 7) is 13.4. The molecule has 0 aromatic carbocycles. The van der Waals surface area contributed by atoms with Crippen molar-refractivity contribution in [3.05, 3.63) is 59.8 Å². The molecular formula is C46H68O15. The van der Waals surface area contributed by atoms with Gasteiger partial charge in [-0.05, 0) is 45.1 Å². The van der Waals surface area contributed by atoms with Crippen molar-refractivity contribution >= 4 is 23.9 Å². The summed E-state index contributed by atoms with van der Waals surface area (Å²) >= 11 is 0. The number of esters is 4. The van der Waals surface area contributed by atoms with E-state index in [4.69, 9.17) is 33.2 Å². The molecule has 3 saturated heterocycles. The number of fused-ring (bicyclic) bond motifs is 6. The van der Waals surface area contributed by atoms with Gasteiger partial charge >= 0.3 is 23.9 Å². The van der Waals surface area contributed by atoms with Crippen molar-refractivity contribution in [2.75, 3.05) is 7.11 Å². The predicted octanol–water partition coefficient (Wildman–Crippen LogP) is 5.13. The molecule has 61 heavy (non-hydrogen) atoms. The summed E-state index contributed by atoms with van der Waals surface area (Å²) in [5, 5.41) is 47.4. The minimum Gasteiger partial charge on any atom is -0.466 e. The topological polar surface area (TPSA) is 214 Å². The quantitative estimate of drug-likeness (QED) is 0.0819. The minimum absolute atomic E-state index is 0.0524. The van der Waals surface area contributed by atoms with E-state index in [-0.39, 0.29) is 37.7 Å². The van der Waals surface area contributed by atoms with Gasteiger partial charge in [0.2, 0.25) is 5.79 Å². The third-order valence-corrected chi connectivity index (χ3v) is 12.3. The van der Waals surface area contributed by atoms with Gasteiger partial charge in [-0.25, -0.2) is 9.59 Å². The van der Waals surface area contributed by atoms with Crippen LogP contribution in [-0.2, 0) is 52.3 Å². The van der Waals surface area contributed by atoms with Crippen LogP contribution in [0.5, 0.6) is 0 Å². The van der Waals surface area contributed by atoms with Gasteiger partial charge in [0.05, 0.1) is 55.6 Å². The predicted molar refractivity (Wildman–Crippen MR) is 222 cm³/mol. The number of hydrogen-bond donors (Lipinski definition) is 4. The normalized spacial score (nSPS) is 37.1. The second kappa shape index (κ2) is 21.1. The van der Waals surface area contributed by atoms with Gasteiger partial charge in [-0.2, -0.15) is 0 Å². The van der Waals surface area contributed by atoms with E-state index in [1.54, 1.807) is 45.9 Å². The Balaban J connectivity index is 1.84. The van der Waals surface area contributed by atoms with Crippen molar-refractivity contribution in [1.82, 2.24) is 0 Å². The van der Waals surface area contributed by atoms with Crippen molar-refractivity contribution in [3.63, 3.8) is 0 Å². The molecule has 1 unspecified atom stereocenters. The third kappa shape index (κ3) is 12.7. The fraction of sp³-hybridized carbons (Fsp3) is 0.696. The number of carbonyl (C=O) groups is 4. The highest BCUT2D eigenvalue weighted by Gasteiger charge is 2.59. The first-order valence-electron chi connectivity index (χ1n) is 21.4. The van der Waals surface area contributed by atoms with E-state index in [0.29, 0.717) is 12.8 Å². The molecule has 3 fully saturated rings. The standard InChI is InChI=1S/C46H68O15/c1-10-12-13-14-15-16-39(50)59-42-31(22-40(51)55-9)21-34-25-37(28(3)47)58-41(52)24-32(49)23-35-26-38(56-29(4)48)44(7,8)45(53,60-35)27-36-20-30(11-2)19-33(57-36)17-18-43(5,6)46(42,54)61-34/h11,13-18,22,28,32-38,42,47,49,53-54H,10,12,19-21,23-27H2,1-9H3/b14-13+,16-15+,18-17+,30-11+,31-22+/t28-,32-,33+,34+,35-,36+,37-,38+,42+,45?,46-/m1/s1. The second-order valence-electron chi connectivity index (χ2n) is 17.9.